The maximum atomic E-state index is 13.0. The van der Waals surface area contributed by atoms with Crippen molar-refractivity contribution in [2.24, 2.45) is 63.6 Å². The molecule has 12 nitrogen and oxygen atoms in total. The summed E-state index contributed by atoms with van der Waals surface area (Å²) in [6.07, 6.45) is 14.2. The summed E-state index contributed by atoms with van der Waals surface area (Å²) in [5.74, 6) is -7.09. The van der Waals surface area contributed by atoms with Gasteiger partial charge in [0.25, 0.3) is 0 Å². The molecule has 12 bridgehead atoms. The fourth-order valence-electron chi connectivity index (χ4n) is 20.8. The number of esters is 3. The van der Waals surface area contributed by atoms with Gasteiger partial charge in [0.1, 0.15) is 28.8 Å². The number of ether oxygens (including phenoxy) is 7. The van der Waals surface area contributed by atoms with Crippen molar-refractivity contribution in [1.29, 1.82) is 0 Å². The second-order valence-corrected chi connectivity index (χ2v) is 43.0. The van der Waals surface area contributed by atoms with Gasteiger partial charge in [-0.05, 0) is 209 Å². The van der Waals surface area contributed by atoms with Crippen LogP contribution in [0.15, 0.2) is 164 Å². The van der Waals surface area contributed by atoms with Crippen molar-refractivity contribution in [3.05, 3.63) is 151 Å². The Hall–Kier alpha value is -5.39. The van der Waals surface area contributed by atoms with Crippen LogP contribution >= 0.6 is 0 Å². The molecule has 20 rings (SSSR count). The van der Waals surface area contributed by atoms with E-state index in [0.717, 1.165) is 110 Å². The lowest BCUT2D eigenvalue weighted by Crippen LogP contribution is -2.62. The second-order valence-electron chi connectivity index (χ2n) is 36.4. The molecule has 5 aromatic carbocycles. The van der Waals surface area contributed by atoms with Crippen molar-refractivity contribution in [3.8, 4) is 0 Å². The molecule has 3 saturated heterocycles. The molecule has 21 heteroatoms. The minimum absolute atomic E-state index is 0.0146. The highest BCUT2D eigenvalue weighted by Crippen LogP contribution is 2.66. The Bertz CT molecular complexity index is 3680. The van der Waals surface area contributed by atoms with Crippen molar-refractivity contribution in [2.45, 2.75) is 230 Å². The van der Waals surface area contributed by atoms with E-state index in [9.17, 15) is 50.6 Å². The first kappa shape index (κ1) is 85.0. The van der Waals surface area contributed by atoms with Crippen LogP contribution in [0.25, 0.3) is 0 Å². The molecule has 1 N–H and O–H groups in total. The quantitative estimate of drug-likeness (QED) is 0.0487. The van der Waals surface area contributed by atoms with Gasteiger partial charge in [-0.2, -0.15) is 26.3 Å². The molecular formula is C90H117F6O12S3+3. The van der Waals surface area contributed by atoms with Gasteiger partial charge in [0.15, 0.2) is 30.3 Å². The summed E-state index contributed by atoms with van der Waals surface area (Å²) >= 11 is 0. The summed E-state index contributed by atoms with van der Waals surface area (Å²) in [6, 6.07) is 50.6. The van der Waals surface area contributed by atoms with Crippen LogP contribution in [0.2, 0.25) is 0 Å². The van der Waals surface area contributed by atoms with E-state index < -0.39 is 47.1 Å². The third-order valence-corrected chi connectivity index (χ3v) is 31.8. The molecule has 0 aromatic heterocycles. The topological polar surface area (TPSA) is 153 Å². The van der Waals surface area contributed by atoms with E-state index in [1.54, 1.807) is 0 Å². The summed E-state index contributed by atoms with van der Waals surface area (Å²) in [5.41, 5.74) is 2.09. The number of aliphatic hydroxyl groups is 1. The minimum Gasteiger partial charge on any atom is -0.461 e. The molecule has 111 heavy (non-hydrogen) atoms. The Kier molecular flexibility index (Phi) is 26.7. The van der Waals surface area contributed by atoms with Gasteiger partial charge in [-0.15, -0.1) is 0 Å². The Morgan fingerprint density at radius 3 is 1.10 bits per heavy atom. The predicted molar refractivity (Wildman–Crippen MR) is 423 cm³/mol. The molecule has 12 saturated carbocycles. The van der Waals surface area contributed by atoms with Crippen molar-refractivity contribution < 1.29 is 83.8 Å². The van der Waals surface area contributed by atoms with Gasteiger partial charge in [-0.25, -0.2) is 14.4 Å². The number of Topliss-reactive ketones (excluding diaryl/α,β-unsaturated/α-hetero) is 1. The number of alkyl halides is 6. The molecule has 5 aromatic rings. The Morgan fingerprint density at radius 1 is 0.423 bits per heavy atom. The highest BCUT2D eigenvalue weighted by molar-refractivity contribution is 7.97. The van der Waals surface area contributed by atoms with Crippen LogP contribution in [0.4, 0.5) is 26.3 Å². The Morgan fingerprint density at radius 2 is 0.757 bits per heavy atom. The zero-order valence-corrected chi connectivity index (χ0v) is 68.8. The number of halogens is 6. The summed E-state index contributed by atoms with van der Waals surface area (Å²) in [5, 5.41) is 10.5. The van der Waals surface area contributed by atoms with Crippen LogP contribution in [-0.4, -0.2) is 140 Å². The number of hydrogen-bond donors (Lipinski definition) is 1. The molecule has 12 aliphatic carbocycles. The lowest BCUT2D eigenvalue weighted by atomic mass is 9.47. The van der Waals surface area contributed by atoms with E-state index in [4.69, 9.17) is 33.2 Å². The normalized spacial score (nSPS) is 30.1. The zero-order chi connectivity index (χ0) is 79.4. The third kappa shape index (κ3) is 21.3. The summed E-state index contributed by atoms with van der Waals surface area (Å²) in [6.45, 7) is 20.5. The van der Waals surface area contributed by atoms with Crippen molar-refractivity contribution in [2.75, 3.05) is 82.5 Å². The standard InChI is InChI=1S/C18H15S.C16H22F2O4.C14H20F2O3.C14H18F2O3.2C14H21OS/c1-4-10-16(11-5-1)19(17-12-6-2-7-13-17)18-14-8-3-9-15-18;1-14(17,18)13(19)20-9-15-6-10-4-11(7-15)16(12(5-10)8-15)21-2-3-22-16;1-12(15,16)11(17)19-8-13-3-9-2-10(4-13)6-14(18,5-9)7-13;1-13(15,16)12(18)19-7-14-4-8-2-9(5-14)11(17)10(3-8)6-14;2*1-14(2,3)12-4-6-13(7-5-12)16-10-8-15-9-11-16/h1-15H;10-12H,2-9H2,1H3;9-10,18H,2-8H2,1H3;8-10H,2-7H2,1H3;2*4-7H,8-11H2,1-3H3/q+1;;;;2*+1. The SMILES string of the molecule is CC(C)(C)c1ccc([S+]2CCOCC2)cc1.CC(C)(C)c1ccc([S+]2CCOCC2)cc1.CC(F)(F)C(=O)OCC12CC3CC(C1)C(=O)C(C3)C2.CC(F)(F)C(=O)OCC12CC3CC(C1)C1(OCCO1)C(C3)C2.CC(F)(F)C(=O)OCC12CC3CC(CC(O)(C3)C1)C2.c1ccc([S+](c2ccccc2)c2ccccc2)cc1. The molecule has 15 fully saturated rings. The molecular weight excluding hydrogens is 1480 g/mol. The molecule has 6 atom stereocenters. The Labute approximate surface area is 662 Å². The monoisotopic (exact) mass is 1600 g/mol. The van der Waals surface area contributed by atoms with Gasteiger partial charge in [0, 0.05) is 82.5 Å². The number of ketones is 1. The molecule has 0 radical (unpaired) electrons. The maximum Gasteiger partial charge on any atom is 0.376 e. The summed E-state index contributed by atoms with van der Waals surface area (Å²) in [7, 11) is 0.849. The fraction of sp³-hybridized carbons (Fsp3) is 0.622. The van der Waals surface area contributed by atoms with Gasteiger partial charge in [0.05, 0.1) is 76.0 Å². The number of carbonyl (C=O) groups excluding carboxylic acids is 4. The van der Waals surface area contributed by atoms with Gasteiger partial charge >= 0.3 is 35.7 Å². The first-order valence-corrected chi connectivity index (χ1v) is 44.6. The van der Waals surface area contributed by atoms with E-state index >= 15 is 0 Å². The molecule has 0 amide bonds. The highest BCUT2D eigenvalue weighted by atomic mass is 32.2. The lowest BCUT2D eigenvalue weighted by Gasteiger charge is -2.62. The molecule has 3 aliphatic heterocycles. The van der Waals surface area contributed by atoms with Crippen LogP contribution < -0.4 is 0 Å². The van der Waals surface area contributed by atoms with Crippen LogP contribution in [-0.2, 0) is 95.9 Å². The average molecular weight is 1600 g/mol. The van der Waals surface area contributed by atoms with Crippen LogP contribution in [0.5, 0.6) is 0 Å². The number of hydrogen-bond acceptors (Lipinski definition) is 12. The Balaban J connectivity index is 0.000000124. The van der Waals surface area contributed by atoms with Crippen molar-refractivity contribution >= 4 is 56.4 Å². The predicted octanol–water partition coefficient (Wildman–Crippen LogP) is 18.6. The third-order valence-electron chi connectivity index (χ3n) is 25.0. The second kappa shape index (κ2) is 34.8. The van der Waals surface area contributed by atoms with Crippen molar-refractivity contribution in [3.63, 3.8) is 0 Å². The van der Waals surface area contributed by atoms with Crippen LogP contribution in [0.3, 0.4) is 0 Å². The number of carbonyl (C=O) groups is 4. The molecule has 3 heterocycles. The molecule has 15 aliphatic rings. The van der Waals surface area contributed by atoms with E-state index in [1.165, 1.54) is 58.6 Å². The van der Waals surface area contributed by atoms with Crippen molar-refractivity contribution in [1.82, 2.24) is 0 Å². The van der Waals surface area contributed by atoms with E-state index in [1.807, 2.05) is 0 Å². The fourth-order valence-corrected chi connectivity index (χ4v) is 26.5. The van der Waals surface area contributed by atoms with Crippen LogP contribution in [0.1, 0.15) is 176 Å². The largest absolute Gasteiger partial charge is 0.461 e. The van der Waals surface area contributed by atoms with Gasteiger partial charge < -0.3 is 38.3 Å². The molecule has 1 spiro atoms. The number of rotatable bonds is 14. The average Bonchev–Trinajstić information content (AvgIpc) is 1.70. The zero-order valence-electron chi connectivity index (χ0n) is 66.3. The number of benzene rings is 5. The van der Waals surface area contributed by atoms with Gasteiger partial charge in [-0.1, -0.05) is 120 Å². The smallest absolute Gasteiger partial charge is 0.376 e. The summed E-state index contributed by atoms with van der Waals surface area (Å²) < 4.78 is 115. The summed E-state index contributed by atoms with van der Waals surface area (Å²) in [4.78, 5) is 52.9. The van der Waals surface area contributed by atoms with E-state index in [2.05, 4.69) is 181 Å². The van der Waals surface area contributed by atoms with E-state index in [-0.39, 0.29) is 69.6 Å². The minimum atomic E-state index is -3.43. The maximum absolute atomic E-state index is 13.0. The van der Waals surface area contributed by atoms with Crippen LogP contribution in [0, 0.1) is 63.6 Å². The first-order chi connectivity index (χ1) is 52.4. The molecule has 606 valence electrons. The molecule has 6 unspecified atom stereocenters. The lowest BCUT2D eigenvalue weighted by molar-refractivity contribution is -0.306. The van der Waals surface area contributed by atoms with Gasteiger partial charge in [0.2, 0.25) is 0 Å². The van der Waals surface area contributed by atoms with E-state index in [0.29, 0.717) is 116 Å². The first-order valence-electron chi connectivity index (χ1n) is 40.2. The highest BCUT2D eigenvalue weighted by Gasteiger charge is 2.66. The van der Waals surface area contributed by atoms with Gasteiger partial charge in [-0.3, -0.25) is 4.79 Å².